The number of nitrogens with zero attached hydrogens (tertiary/aromatic N) is 3. The summed E-state index contributed by atoms with van der Waals surface area (Å²) in [6, 6.07) is 15.6. The molecule has 34 heavy (non-hydrogen) atoms. The van der Waals surface area contributed by atoms with E-state index >= 15 is 0 Å². The summed E-state index contributed by atoms with van der Waals surface area (Å²) in [5.74, 6) is 1.34. The van der Waals surface area contributed by atoms with Crippen LogP contribution in [0, 0.1) is 6.92 Å². The second-order valence-corrected chi connectivity index (χ2v) is 7.97. The maximum Gasteiger partial charge on any atom is 0.267 e. The van der Waals surface area contributed by atoms with Crippen molar-refractivity contribution in [2.75, 3.05) is 19.8 Å². The Kier molecular flexibility index (Phi) is 7.42. The first-order valence-corrected chi connectivity index (χ1v) is 11.6. The summed E-state index contributed by atoms with van der Waals surface area (Å²) >= 11 is 0. The number of hydrogen-bond donors (Lipinski definition) is 1. The van der Waals surface area contributed by atoms with Crippen LogP contribution in [-0.2, 0) is 13.0 Å². The van der Waals surface area contributed by atoms with Crippen LogP contribution in [0.15, 0.2) is 60.9 Å². The molecule has 4 aromatic rings. The van der Waals surface area contributed by atoms with E-state index < -0.39 is 0 Å². The van der Waals surface area contributed by atoms with Crippen molar-refractivity contribution in [3.05, 3.63) is 83.6 Å². The number of carbonyl (C=O) groups excluding carboxylic acids is 1. The SMILES string of the molecule is CCOc1ccc(CCNC(=O)c2cc3cnccc3n2Cc2cccc(C)n2)cc1OCC. The Balaban J connectivity index is 1.49. The summed E-state index contributed by atoms with van der Waals surface area (Å²) in [6.07, 6.45) is 4.20. The van der Waals surface area contributed by atoms with Crippen LogP contribution < -0.4 is 14.8 Å². The molecule has 1 N–H and O–H groups in total. The average molecular weight is 459 g/mol. The monoisotopic (exact) mass is 458 g/mol. The molecule has 0 aliphatic carbocycles. The van der Waals surface area contributed by atoms with Crippen LogP contribution >= 0.6 is 0 Å². The van der Waals surface area contributed by atoms with Crippen LogP contribution in [0.3, 0.4) is 0 Å². The van der Waals surface area contributed by atoms with Gasteiger partial charge in [0.15, 0.2) is 11.5 Å². The van der Waals surface area contributed by atoms with E-state index in [1.807, 2.05) is 73.9 Å². The Morgan fingerprint density at radius 2 is 1.85 bits per heavy atom. The third-order valence-corrected chi connectivity index (χ3v) is 5.51. The van der Waals surface area contributed by atoms with Gasteiger partial charge in [-0.15, -0.1) is 0 Å². The van der Waals surface area contributed by atoms with Gasteiger partial charge in [0.1, 0.15) is 5.69 Å². The zero-order chi connectivity index (χ0) is 23.9. The molecular formula is C27H30N4O3. The van der Waals surface area contributed by atoms with Crippen molar-refractivity contribution in [2.24, 2.45) is 0 Å². The maximum atomic E-state index is 13.2. The number of aryl methyl sites for hydroxylation is 1. The largest absolute Gasteiger partial charge is 0.490 e. The number of carbonyl (C=O) groups is 1. The van der Waals surface area contributed by atoms with E-state index in [9.17, 15) is 4.79 Å². The van der Waals surface area contributed by atoms with Crippen molar-refractivity contribution in [2.45, 2.75) is 33.7 Å². The molecule has 7 heteroatoms. The molecule has 0 aliphatic heterocycles. The molecule has 7 nitrogen and oxygen atoms in total. The quantitative estimate of drug-likeness (QED) is 0.377. The third-order valence-electron chi connectivity index (χ3n) is 5.51. The number of aromatic nitrogens is 3. The first-order valence-electron chi connectivity index (χ1n) is 11.6. The Morgan fingerprint density at radius 1 is 1.03 bits per heavy atom. The van der Waals surface area contributed by atoms with Crippen molar-refractivity contribution in [1.82, 2.24) is 19.9 Å². The van der Waals surface area contributed by atoms with Crippen LogP contribution in [0.5, 0.6) is 11.5 Å². The van der Waals surface area contributed by atoms with Gasteiger partial charge in [0.05, 0.1) is 31.0 Å². The fourth-order valence-electron chi connectivity index (χ4n) is 3.98. The van der Waals surface area contributed by atoms with Gasteiger partial charge in [-0.05, 0) is 69.2 Å². The van der Waals surface area contributed by atoms with Gasteiger partial charge in [0, 0.05) is 30.0 Å². The van der Waals surface area contributed by atoms with Gasteiger partial charge in [0.25, 0.3) is 5.91 Å². The molecule has 0 saturated heterocycles. The summed E-state index contributed by atoms with van der Waals surface area (Å²) in [6.45, 7) is 8.02. The summed E-state index contributed by atoms with van der Waals surface area (Å²) in [5.41, 5.74) is 4.47. The van der Waals surface area contributed by atoms with Gasteiger partial charge < -0.3 is 19.4 Å². The van der Waals surface area contributed by atoms with Crippen LogP contribution in [0.1, 0.15) is 41.3 Å². The van der Waals surface area contributed by atoms with E-state index in [0.29, 0.717) is 38.4 Å². The lowest BCUT2D eigenvalue weighted by Gasteiger charge is -2.13. The molecule has 3 aromatic heterocycles. The Bertz CT molecular complexity index is 1280. The fraction of sp³-hybridized carbons (Fsp3) is 0.296. The van der Waals surface area contributed by atoms with Gasteiger partial charge in [-0.25, -0.2) is 0 Å². The summed E-state index contributed by atoms with van der Waals surface area (Å²) in [4.78, 5) is 22.0. The van der Waals surface area contributed by atoms with Gasteiger partial charge in [0.2, 0.25) is 0 Å². The first kappa shape index (κ1) is 23.3. The predicted octanol–water partition coefficient (Wildman–Crippen LogP) is 4.56. The molecule has 0 saturated carbocycles. The van der Waals surface area contributed by atoms with E-state index in [1.165, 1.54) is 0 Å². The van der Waals surface area contributed by atoms with E-state index in [0.717, 1.165) is 39.4 Å². The van der Waals surface area contributed by atoms with E-state index in [4.69, 9.17) is 9.47 Å². The normalized spacial score (nSPS) is 10.9. The molecule has 1 amide bonds. The minimum absolute atomic E-state index is 0.125. The number of fused-ring (bicyclic) bond motifs is 1. The number of pyridine rings is 2. The Labute approximate surface area is 199 Å². The molecule has 0 aliphatic rings. The number of ether oxygens (including phenoxy) is 2. The summed E-state index contributed by atoms with van der Waals surface area (Å²) < 4.78 is 13.3. The number of benzene rings is 1. The van der Waals surface area contributed by atoms with Crippen LogP contribution in [0.25, 0.3) is 10.9 Å². The highest BCUT2D eigenvalue weighted by Gasteiger charge is 2.16. The van der Waals surface area contributed by atoms with E-state index in [-0.39, 0.29) is 5.91 Å². The van der Waals surface area contributed by atoms with Gasteiger partial charge in [-0.2, -0.15) is 0 Å². The Hall–Kier alpha value is -3.87. The Morgan fingerprint density at radius 3 is 2.65 bits per heavy atom. The molecule has 0 bridgehead atoms. The molecule has 0 radical (unpaired) electrons. The maximum absolute atomic E-state index is 13.2. The minimum atomic E-state index is -0.125. The van der Waals surface area contributed by atoms with Crippen molar-refractivity contribution in [3.8, 4) is 11.5 Å². The highest BCUT2D eigenvalue weighted by Crippen LogP contribution is 2.28. The number of amides is 1. The van der Waals surface area contributed by atoms with Crippen molar-refractivity contribution >= 4 is 16.8 Å². The van der Waals surface area contributed by atoms with Crippen LogP contribution in [0.2, 0.25) is 0 Å². The van der Waals surface area contributed by atoms with E-state index in [2.05, 4.69) is 15.3 Å². The lowest BCUT2D eigenvalue weighted by molar-refractivity contribution is 0.0945. The van der Waals surface area contributed by atoms with E-state index in [1.54, 1.807) is 12.4 Å². The van der Waals surface area contributed by atoms with Crippen molar-refractivity contribution < 1.29 is 14.3 Å². The topological polar surface area (TPSA) is 78.3 Å². The molecule has 4 rings (SSSR count). The number of hydrogen-bond acceptors (Lipinski definition) is 5. The molecular weight excluding hydrogens is 428 g/mol. The molecule has 0 unspecified atom stereocenters. The standard InChI is InChI=1S/C27H30N4O3/c1-4-33-25-10-9-20(15-26(25)34-5-2)11-14-29-27(32)24-16-21-17-28-13-12-23(21)31(24)18-22-8-6-7-19(3)30-22/h6-10,12-13,15-17H,4-5,11,14,18H2,1-3H3,(H,29,32). The predicted molar refractivity (Wildman–Crippen MR) is 133 cm³/mol. The van der Waals surface area contributed by atoms with Crippen LogP contribution in [0.4, 0.5) is 0 Å². The zero-order valence-electron chi connectivity index (χ0n) is 19.9. The number of rotatable bonds is 10. The lowest BCUT2D eigenvalue weighted by atomic mass is 10.1. The molecule has 176 valence electrons. The molecule has 0 atom stereocenters. The third kappa shape index (κ3) is 5.36. The van der Waals surface area contributed by atoms with Gasteiger partial charge >= 0.3 is 0 Å². The number of nitrogens with one attached hydrogen (secondary N) is 1. The molecule has 0 spiro atoms. The van der Waals surface area contributed by atoms with Crippen LogP contribution in [-0.4, -0.2) is 40.2 Å². The highest BCUT2D eigenvalue weighted by molar-refractivity contribution is 5.98. The average Bonchev–Trinajstić information content (AvgIpc) is 3.19. The van der Waals surface area contributed by atoms with Gasteiger partial charge in [-0.1, -0.05) is 12.1 Å². The molecule has 1 aromatic carbocycles. The lowest BCUT2D eigenvalue weighted by Crippen LogP contribution is -2.28. The minimum Gasteiger partial charge on any atom is -0.490 e. The second-order valence-electron chi connectivity index (χ2n) is 7.97. The first-order chi connectivity index (χ1) is 16.6. The zero-order valence-corrected chi connectivity index (χ0v) is 19.9. The second kappa shape index (κ2) is 10.8. The smallest absolute Gasteiger partial charge is 0.267 e. The van der Waals surface area contributed by atoms with Crippen molar-refractivity contribution in [3.63, 3.8) is 0 Å². The van der Waals surface area contributed by atoms with Gasteiger partial charge in [-0.3, -0.25) is 14.8 Å². The summed E-state index contributed by atoms with van der Waals surface area (Å²) in [5, 5.41) is 3.99. The molecule has 3 heterocycles. The summed E-state index contributed by atoms with van der Waals surface area (Å²) in [7, 11) is 0. The van der Waals surface area contributed by atoms with Crippen molar-refractivity contribution in [1.29, 1.82) is 0 Å². The fourth-order valence-corrected chi connectivity index (χ4v) is 3.98. The highest BCUT2D eigenvalue weighted by atomic mass is 16.5. The molecule has 0 fully saturated rings.